The molecule has 12 heteroatoms. The molecule has 4 N–H and O–H groups in total. The fourth-order valence-electron chi connectivity index (χ4n) is 8.52. The van der Waals surface area contributed by atoms with Crippen molar-refractivity contribution in [1.82, 2.24) is 19.9 Å². The molecule has 0 fully saturated rings. The molecule has 0 saturated heterocycles. The van der Waals surface area contributed by atoms with Crippen LogP contribution in [0.5, 0.6) is 23.0 Å². The molecule has 66 heavy (non-hydrogen) atoms. The van der Waals surface area contributed by atoms with Crippen molar-refractivity contribution in [2.24, 2.45) is 0 Å². The molecule has 0 saturated carbocycles. The van der Waals surface area contributed by atoms with E-state index in [0.717, 1.165) is 22.3 Å². The molecule has 0 spiro atoms. The summed E-state index contributed by atoms with van der Waals surface area (Å²) in [5.41, 5.74) is 11.4. The second kappa shape index (κ2) is 18.4. The van der Waals surface area contributed by atoms with E-state index in [2.05, 4.69) is 9.97 Å². The topological polar surface area (TPSA) is 169 Å². The van der Waals surface area contributed by atoms with Gasteiger partial charge in [0.05, 0.1) is 71.5 Å². The maximum absolute atomic E-state index is 12.0. The summed E-state index contributed by atoms with van der Waals surface area (Å²) in [6, 6.07) is 32.9. The number of aromatic amines is 2. The summed E-state index contributed by atoms with van der Waals surface area (Å²) in [4.78, 5) is 42.3. The van der Waals surface area contributed by atoms with Crippen molar-refractivity contribution in [1.29, 1.82) is 0 Å². The number of aromatic nitrogens is 4. The van der Waals surface area contributed by atoms with Crippen molar-refractivity contribution in [3.8, 4) is 67.5 Å². The van der Waals surface area contributed by atoms with Crippen molar-refractivity contribution in [2.75, 3.05) is 26.4 Å². The van der Waals surface area contributed by atoms with E-state index >= 15 is 0 Å². The van der Waals surface area contributed by atoms with Crippen molar-refractivity contribution in [3.63, 3.8) is 0 Å². The lowest BCUT2D eigenvalue weighted by Gasteiger charge is -2.16. The second-order valence-corrected chi connectivity index (χ2v) is 15.3. The zero-order valence-electron chi connectivity index (χ0n) is 36.8. The molecule has 0 aliphatic carbocycles. The van der Waals surface area contributed by atoms with Gasteiger partial charge in [-0.3, -0.25) is 0 Å². The lowest BCUT2D eigenvalue weighted by Crippen LogP contribution is -2.00. The number of nitrogens with one attached hydrogen (secondary N) is 2. The Morgan fingerprint density at radius 2 is 0.697 bits per heavy atom. The number of rotatable bonds is 14. The van der Waals surface area contributed by atoms with Crippen LogP contribution in [0.1, 0.15) is 71.2 Å². The highest BCUT2D eigenvalue weighted by molar-refractivity contribution is 6.02. The van der Waals surface area contributed by atoms with E-state index in [1.165, 1.54) is 0 Å². The lowest BCUT2D eigenvalue weighted by atomic mass is 10.0. The molecule has 3 aromatic heterocycles. The molecular weight excluding hydrogens is 833 g/mol. The largest absolute Gasteiger partial charge is 0.493 e. The first kappa shape index (κ1) is 42.9. The molecule has 0 unspecified atom stereocenters. The number of aromatic carboxylic acids is 2. The summed E-state index contributed by atoms with van der Waals surface area (Å²) in [5, 5.41) is 19.7. The summed E-state index contributed by atoms with van der Waals surface area (Å²) >= 11 is 0. The molecule has 0 atom stereocenters. The Hall–Kier alpha value is -8.38. The average Bonchev–Trinajstić information content (AvgIpc) is 4.17. The minimum atomic E-state index is -1.03. The minimum Gasteiger partial charge on any atom is -0.493 e. The van der Waals surface area contributed by atoms with Crippen molar-refractivity contribution in [3.05, 3.63) is 143 Å². The van der Waals surface area contributed by atoms with E-state index in [1.54, 1.807) is 48.5 Å². The highest BCUT2D eigenvalue weighted by Crippen LogP contribution is 2.46. The van der Waals surface area contributed by atoms with Crippen LogP contribution in [-0.4, -0.2) is 68.5 Å². The van der Waals surface area contributed by atoms with Gasteiger partial charge in [0.15, 0.2) is 0 Å². The number of ether oxygens (including phenoxy) is 4. The van der Waals surface area contributed by atoms with Gasteiger partial charge in [-0.25, -0.2) is 19.6 Å². The summed E-state index contributed by atoms with van der Waals surface area (Å²) in [6.07, 6.45) is 7.83. The van der Waals surface area contributed by atoms with Gasteiger partial charge in [0, 0.05) is 44.3 Å². The van der Waals surface area contributed by atoms with E-state index in [-0.39, 0.29) is 11.1 Å². The molecule has 5 heterocycles. The third-order valence-electron chi connectivity index (χ3n) is 11.3. The molecule has 4 aromatic carbocycles. The number of H-pyrrole nitrogens is 2. The number of carbonyl (C=O) groups is 2. The predicted molar refractivity (Wildman–Crippen MR) is 259 cm³/mol. The second-order valence-electron chi connectivity index (χ2n) is 15.3. The van der Waals surface area contributed by atoms with Crippen LogP contribution in [0.2, 0.25) is 0 Å². The zero-order chi connectivity index (χ0) is 45.9. The molecule has 7 aromatic rings. The molecule has 12 nitrogen and oxygen atoms in total. The number of carboxylic acids is 2. The number of benzene rings is 4. The van der Waals surface area contributed by atoms with Gasteiger partial charge in [0.25, 0.3) is 0 Å². The van der Waals surface area contributed by atoms with Gasteiger partial charge in [-0.2, -0.15) is 0 Å². The molecule has 8 bridgehead atoms. The Kier molecular flexibility index (Phi) is 11.9. The Morgan fingerprint density at radius 3 is 0.985 bits per heavy atom. The first-order valence-electron chi connectivity index (χ1n) is 21.8. The van der Waals surface area contributed by atoms with Gasteiger partial charge in [0.1, 0.15) is 23.0 Å². The highest BCUT2D eigenvalue weighted by atomic mass is 16.5. The van der Waals surface area contributed by atoms with Crippen LogP contribution in [0.25, 0.3) is 90.9 Å². The van der Waals surface area contributed by atoms with Crippen LogP contribution < -0.4 is 18.9 Å². The van der Waals surface area contributed by atoms with Gasteiger partial charge in [-0.15, -0.1) is 0 Å². The van der Waals surface area contributed by atoms with Crippen LogP contribution in [0.3, 0.4) is 0 Å². The quantitative estimate of drug-likeness (QED) is 0.0825. The Labute approximate surface area is 380 Å². The lowest BCUT2D eigenvalue weighted by molar-refractivity contribution is 0.0686. The van der Waals surface area contributed by atoms with Gasteiger partial charge >= 0.3 is 11.9 Å². The van der Waals surface area contributed by atoms with Gasteiger partial charge < -0.3 is 39.1 Å². The van der Waals surface area contributed by atoms with Gasteiger partial charge in [-0.1, -0.05) is 36.4 Å². The average molecular weight is 879 g/mol. The maximum Gasteiger partial charge on any atom is 0.335 e. The van der Waals surface area contributed by atoms with Crippen molar-refractivity contribution in [2.45, 2.75) is 27.7 Å². The molecular formula is C54H46N4O8. The number of hydrogen-bond donors (Lipinski definition) is 4. The van der Waals surface area contributed by atoms with E-state index < -0.39 is 11.9 Å². The summed E-state index contributed by atoms with van der Waals surface area (Å²) in [5.74, 6) is 0.365. The number of nitrogens with zero attached hydrogens (tertiary/aromatic N) is 2. The third kappa shape index (κ3) is 8.04. The van der Waals surface area contributed by atoms with Crippen LogP contribution in [0, 0.1) is 0 Å². The van der Waals surface area contributed by atoms with Crippen LogP contribution >= 0.6 is 0 Å². The first-order valence-corrected chi connectivity index (χ1v) is 21.8. The number of fused-ring (bicyclic) bond motifs is 8. The van der Waals surface area contributed by atoms with Gasteiger partial charge in [0.2, 0.25) is 0 Å². The number of hydrogen-bond acceptors (Lipinski definition) is 8. The molecule has 2 aliphatic rings. The summed E-state index contributed by atoms with van der Waals surface area (Å²) < 4.78 is 25.2. The SMILES string of the molecule is CCOc1cccc(OCC)c1-c1c2nc(c(-c3ccc(C(=O)O)cc3)c3ccc([nH]3)c(-c3c(OCC)cccc3OCC)c3nc(c(-c4ccc(C(=O)O)cc4)c4ccc1[nH]4)C=C3)C=C2. The summed E-state index contributed by atoms with van der Waals surface area (Å²) in [6.45, 7) is 9.34. The fraction of sp³-hybridized carbons (Fsp3) is 0.148. The van der Waals surface area contributed by atoms with Crippen LogP contribution in [0.15, 0.2) is 109 Å². The van der Waals surface area contributed by atoms with Crippen molar-refractivity contribution < 1.29 is 38.7 Å². The molecule has 9 rings (SSSR count). The van der Waals surface area contributed by atoms with E-state index in [0.29, 0.717) is 117 Å². The Bertz CT molecular complexity index is 2990. The molecule has 0 radical (unpaired) electrons. The standard InChI is InChI=1S/C54H46N4O8/c1-5-63-43-11-9-12-44(64-6-2)51(43)49-39-27-23-35(55-39)47(31-15-19-33(20-16-31)53(59)60)37-25-29-41(57-37)50(52-45(65-7-3)13-10-14-46(52)66-8-4)42-30-26-38(58-42)48(36-24-28-40(49)56-36)32-17-21-34(22-18-32)54(61)62/h9-30,55,58H,5-8H2,1-4H3,(H,59,60)(H,61,62). The third-order valence-corrected chi connectivity index (χ3v) is 11.3. The smallest absolute Gasteiger partial charge is 0.335 e. The predicted octanol–water partition coefficient (Wildman–Crippen LogP) is 12.3. The van der Waals surface area contributed by atoms with Crippen LogP contribution in [0.4, 0.5) is 0 Å². The number of carboxylic acid groups (broad SMARTS) is 2. The monoisotopic (exact) mass is 878 g/mol. The van der Waals surface area contributed by atoms with Crippen LogP contribution in [-0.2, 0) is 0 Å². The maximum atomic E-state index is 12.0. The summed E-state index contributed by atoms with van der Waals surface area (Å²) in [7, 11) is 0. The van der Waals surface area contributed by atoms with E-state index in [4.69, 9.17) is 28.9 Å². The molecule has 0 amide bonds. The van der Waals surface area contributed by atoms with E-state index in [1.807, 2.05) is 113 Å². The van der Waals surface area contributed by atoms with E-state index in [9.17, 15) is 19.8 Å². The highest BCUT2D eigenvalue weighted by Gasteiger charge is 2.25. The Balaban J connectivity index is 1.49. The normalized spacial score (nSPS) is 11.7. The van der Waals surface area contributed by atoms with Gasteiger partial charge in [-0.05, 0) is 136 Å². The Morgan fingerprint density at radius 1 is 0.409 bits per heavy atom. The first-order chi connectivity index (χ1) is 32.2. The molecule has 330 valence electrons. The fourth-order valence-corrected chi connectivity index (χ4v) is 8.52. The zero-order valence-corrected chi connectivity index (χ0v) is 36.8. The van der Waals surface area contributed by atoms with Crippen molar-refractivity contribution >= 4 is 58.3 Å². The molecule has 2 aliphatic heterocycles. The minimum absolute atomic E-state index is 0.156.